The predicted octanol–water partition coefficient (Wildman–Crippen LogP) is 3.63. The number of primary amides is 1. The Hall–Kier alpha value is -3.52. The van der Waals surface area contributed by atoms with E-state index >= 15 is 0 Å². The van der Waals surface area contributed by atoms with E-state index in [0.717, 1.165) is 43.1 Å². The topological polar surface area (TPSA) is 106 Å². The second-order valence-corrected chi connectivity index (χ2v) is 7.92. The summed E-state index contributed by atoms with van der Waals surface area (Å²) >= 11 is 0. The van der Waals surface area contributed by atoms with E-state index in [-0.39, 0.29) is 0 Å². The van der Waals surface area contributed by atoms with Gasteiger partial charge in [-0.05, 0) is 43.2 Å². The summed E-state index contributed by atoms with van der Waals surface area (Å²) in [6.45, 7) is 3.68. The van der Waals surface area contributed by atoms with Gasteiger partial charge < -0.3 is 20.7 Å². The van der Waals surface area contributed by atoms with Crippen molar-refractivity contribution < 1.29 is 9.53 Å². The van der Waals surface area contributed by atoms with Gasteiger partial charge in [0.15, 0.2) is 5.82 Å². The quantitative estimate of drug-likeness (QED) is 0.587. The van der Waals surface area contributed by atoms with Crippen LogP contribution in [0.2, 0.25) is 0 Å². The van der Waals surface area contributed by atoms with Gasteiger partial charge in [-0.2, -0.15) is 0 Å². The minimum absolute atomic E-state index is 0.326. The Bertz CT molecular complexity index is 1080. The minimum Gasteiger partial charge on any atom is -0.381 e. The molecule has 4 rings (SSSR count). The van der Waals surface area contributed by atoms with Crippen molar-refractivity contribution in [3.05, 3.63) is 60.4 Å². The largest absolute Gasteiger partial charge is 0.381 e. The highest BCUT2D eigenvalue weighted by Crippen LogP contribution is 2.29. The normalized spacial score (nSPS) is 18.2. The fraction of sp³-hybridized carbons (Fsp3) is 0.333. The van der Waals surface area contributed by atoms with Crippen LogP contribution in [0, 0.1) is 5.92 Å². The van der Waals surface area contributed by atoms with Gasteiger partial charge >= 0.3 is 0 Å². The maximum absolute atomic E-state index is 12.1. The van der Waals surface area contributed by atoms with Crippen molar-refractivity contribution in [2.24, 2.45) is 11.7 Å². The first kappa shape index (κ1) is 21.7. The number of benzene rings is 1. The zero-order chi connectivity index (χ0) is 22.5. The van der Waals surface area contributed by atoms with Crippen LogP contribution in [0.3, 0.4) is 0 Å². The number of pyridine rings is 1. The van der Waals surface area contributed by atoms with Crippen molar-refractivity contribution in [2.75, 3.05) is 30.5 Å². The number of ether oxygens (including phenoxy) is 1. The number of amides is 1. The molecule has 3 N–H and O–H groups in total. The van der Waals surface area contributed by atoms with E-state index in [2.05, 4.69) is 27.1 Å². The lowest BCUT2D eigenvalue weighted by Gasteiger charge is -2.38. The van der Waals surface area contributed by atoms with Crippen molar-refractivity contribution >= 4 is 23.2 Å². The summed E-state index contributed by atoms with van der Waals surface area (Å²) in [5.41, 5.74) is 7.59. The van der Waals surface area contributed by atoms with Crippen LogP contribution in [-0.4, -0.2) is 47.2 Å². The molecule has 1 amide bonds. The molecule has 2 aromatic heterocycles. The van der Waals surface area contributed by atoms with Gasteiger partial charge in [0.2, 0.25) is 0 Å². The van der Waals surface area contributed by atoms with Crippen molar-refractivity contribution in [2.45, 2.75) is 25.8 Å². The molecule has 2 atom stereocenters. The van der Waals surface area contributed by atoms with E-state index in [1.54, 1.807) is 24.5 Å². The average Bonchev–Trinajstić information content (AvgIpc) is 2.84. The predicted molar refractivity (Wildman–Crippen MR) is 125 cm³/mol. The molecule has 3 heterocycles. The third-order valence-electron chi connectivity index (χ3n) is 5.91. The number of nitrogens with one attached hydrogen (secondary N) is 1. The Morgan fingerprint density at radius 1 is 1.22 bits per heavy atom. The molecule has 0 bridgehead atoms. The molecule has 0 aliphatic carbocycles. The number of nitrogens with two attached hydrogens (primary N) is 1. The first-order valence-electron chi connectivity index (χ1n) is 10.8. The molecule has 0 saturated carbocycles. The molecule has 1 aromatic carbocycles. The lowest BCUT2D eigenvalue weighted by molar-refractivity contribution is 0.0393. The van der Waals surface area contributed by atoms with Gasteiger partial charge in [0.1, 0.15) is 11.6 Å². The van der Waals surface area contributed by atoms with Gasteiger partial charge in [-0.3, -0.25) is 4.79 Å². The highest BCUT2D eigenvalue weighted by Gasteiger charge is 2.29. The van der Waals surface area contributed by atoms with Crippen LogP contribution in [0.15, 0.2) is 54.9 Å². The van der Waals surface area contributed by atoms with Gasteiger partial charge in [-0.1, -0.05) is 19.1 Å². The molecular weight excluding hydrogens is 404 g/mol. The Labute approximate surface area is 187 Å². The fourth-order valence-electron chi connectivity index (χ4n) is 4.12. The molecule has 1 aliphatic heterocycles. The third-order valence-corrected chi connectivity index (χ3v) is 5.91. The van der Waals surface area contributed by atoms with Gasteiger partial charge in [0.05, 0.1) is 12.2 Å². The molecule has 0 spiro atoms. The van der Waals surface area contributed by atoms with Crippen molar-refractivity contribution in [3.8, 4) is 11.4 Å². The van der Waals surface area contributed by atoms with Crippen molar-refractivity contribution in [1.29, 1.82) is 0 Å². The van der Waals surface area contributed by atoms with Crippen molar-refractivity contribution in [3.63, 3.8) is 0 Å². The molecule has 32 heavy (non-hydrogen) atoms. The standard InChI is InChI=1S/C24H28N6O2/c1-3-16-15-32-13-10-20(16)30(2)21-9-8-19(22(25)31)24(29-21)28-18-7-4-6-17(14-18)23-26-11-5-12-27-23/h4-9,11-12,14,16,20H,3,10,13,15H2,1-2H3,(H2,25,31)(H,28,29). The highest BCUT2D eigenvalue weighted by atomic mass is 16.5. The lowest BCUT2D eigenvalue weighted by Crippen LogP contribution is -2.44. The minimum atomic E-state index is -0.533. The lowest BCUT2D eigenvalue weighted by atomic mass is 9.92. The molecule has 2 unspecified atom stereocenters. The van der Waals surface area contributed by atoms with Gasteiger partial charge in [0, 0.05) is 49.3 Å². The molecule has 1 aliphatic rings. The average molecular weight is 433 g/mol. The van der Waals surface area contributed by atoms with Gasteiger partial charge in [-0.15, -0.1) is 0 Å². The van der Waals surface area contributed by atoms with Crippen LogP contribution >= 0.6 is 0 Å². The van der Waals surface area contributed by atoms with Crippen LogP contribution in [-0.2, 0) is 4.74 Å². The molecule has 1 fully saturated rings. The van der Waals surface area contributed by atoms with Crippen molar-refractivity contribution in [1.82, 2.24) is 15.0 Å². The van der Waals surface area contributed by atoms with Crippen LogP contribution in [0.1, 0.15) is 30.1 Å². The summed E-state index contributed by atoms with van der Waals surface area (Å²) in [7, 11) is 2.04. The van der Waals surface area contributed by atoms with Crippen LogP contribution in [0.25, 0.3) is 11.4 Å². The molecule has 166 valence electrons. The highest BCUT2D eigenvalue weighted by molar-refractivity contribution is 5.98. The fourth-order valence-corrected chi connectivity index (χ4v) is 4.12. The number of rotatable bonds is 7. The van der Waals surface area contributed by atoms with E-state index in [0.29, 0.717) is 29.2 Å². The summed E-state index contributed by atoms with van der Waals surface area (Å²) in [6.07, 6.45) is 5.38. The first-order valence-corrected chi connectivity index (χ1v) is 10.8. The molecule has 8 nitrogen and oxygen atoms in total. The Morgan fingerprint density at radius 2 is 2.03 bits per heavy atom. The third kappa shape index (κ3) is 4.70. The SMILES string of the molecule is CCC1COCCC1N(C)c1ccc(C(N)=O)c(Nc2cccc(-c3ncccn3)c2)n1. The summed E-state index contributed by atoms with van der Waals surface area (Å²) in [5.74, 6) is 1.73. The number of anilines is 3. The molecule has 1 saturated heterocycles. The van der Waals surface area contributed by atoms with E-state index < -0.39 is 5.91 Å². The van der Waals surface area contributed by atoms with Gasteiger partial charge in [-0.25, -0.2) is 15.0 Å². The smallest absolute Gasteiger partial charge is 0.252 e. The van der Waals surface area contributed by atoms with Crippen LogP contribution < -0.4 is 16.0 Å². The van der Waals surface area contributed by atoms with E-state index in [4.69, 9.17) is 15.5 Å². The molecule has 0 radical (unpaired) electrons. The van der Waals surface area contributed by atoms with Crippen LogP contribution in [0.5, 0.6) is 0 Å². The van der Waals surface area contributed by atoms with Crippen LogP contribution in [0.4, 0.5) is 17.3 Å². The maximum Gasteiger partial charge on any atom is 0.252 e. The summed E-state index contributed by atoms with van der Waals surface area (Å²) in [4.78, 5) is 27.6. The second kappa shape index (κ2) is 9.74. The number of hydrogen-bond acceptors (Lipinski definition) is 7. The second-order valence-electron chi connectivity index (χ2n) is 7.92. The number of nitrogens with zero attached hydrogens (tertiary/aromatic N) is 4. The number of hydrogen-bond donors (Lipinski definition) is 2. The monoisotopic (exact) mass is 432 g/mol. The molecule has 3 aromatic rings. The zero-order valence-electron chi connectivity index (χ0n) is 18.4. The summed E-state index contributed by atoms with van der Waals surface area (Å²) in [6, 6.07) is 13.3. The Morgan fingerprint density at radius 3 is 2.78 bits per heavy atom. The molecule has 8 heteroatoms. The van der Waals surface area contributed by atoms with E-state index in [1.165, 1.54) is 0 Å². The van der Waals surface area contributed by atoms with E-state index in [9.17, 15) is 4.79 Å². The summed E-state index contributed by atoms with van der Waals surface area (Å²) in [5, 5.41) is 3.27. The zero-order valence-corrected chi connectivity index (χ0v) is 18.4. The van der Waals surface area contributed by atoms with E-state index in [1.807, 2.05) is 37.4 Å². The number of carbonyl (C=O) groups is 1. The molecular formula is C24H28N6O2. The maximum atomic E-state index is 12.1. The number of carbonyl (C=O) groups excluding carboxylic acids is 1. The van der Waals surface area contributed by atoms with Gasteiger partial charge in [0.25, 0.3) is 5.91 Å². The summed E-state index contributed by atoms with van der Waals surface area (Å²) < 4.78 is 5.66. The number of aromatic nitrogens is 3. The Balaban J connectivity index is 1.64. The Kier molecular flexibility index (Phi) is 6.61. The first-order chi connectivity index (χ1) is 15.6.